The third-order valence-electron chi connectivity index (χ3n) is 3.66. The molecule has 1 N–H and O–H groups in total. The lowest BCUT2D eigenvalue weighted by molar-refractivity contribution is -0.138. The highest BCUT2D eigenvalue weighted by Gasteiger charge is 2.44. The maximum atomic E-state index is 10.7. The van der Waals surface area contributed by atoms with E-state index in [1.807, 2.05) is 11.8 Å². The molecule has 15 heavy (non-hydrogen) atoms. The lowest BCUT2D eigenvalue weighted by Gasteiger charge is -2.23. The number of carboxylic acid groups (broad SMARTS) is 1. The van der Waals surface area contributed by atoms with Crippen molar-refractivity contribution in [1.82, 2.24) is 0 Å². The Morgan fingerprint density at radius 3 is 2.47 bits per heavy atom. The topological polar surface area (TPSA) is 37.3 Å². The van der Waals surface area contributed by atoms with Crippen LogP contribution in [-0.2, 0) is 4.79 Å². The molecule has 0 aromatic rings. The molecular weight excluding hydrogens is 208 g/mol. The molecule has 0 aromatic heterocycles. The van der Waals surface area contributed by atoms with Crippen LogP contribution < -0.4 is 0 Å². The number of hydrogen-bond acceptors (Lipinski definition) is 2. The smallest absolute Gasteiger partial charge is 0.303 e. The third kappa shape index (κ3) is 3.40. The largest absolute Gasteiger partial charge is 0.481 e. The fraction of sp³-hybridized carbons (Fsp3) is 0.917. The Morgan fingerprint density at radius 2 is 1.93 bits per heavy atom. The van der Waals surface area contributed by atoms with Crippen molar-refractivity contribution in [3.8, 4) is 0 Å². The molecule has 0 heterocycles. The van der Waals surface area contributed by atoms with Crippen molar-refractivity contribution < 1.29 is 9.90 Å². The molecule has 0 aromatic carbocycles. The number of carboxylic acids is 1. The second kappa shape index (κ2) is 4.77. The van der Waals surface area contributed by atoms with Crippen LogP contribution in [0, 0.1) is 5.41 Å². The summed E-state index contributed by atoms with van der Waals surface area (Å²) in [5.41, 5.74) is 0.188. The molecule has 0 saturated heterocycles. The first-order valence-corrected chi connectivity index (χ1v) is 7.09. The Balaban J connectivity index is 1.70. The highest BCUT2D eigenvalue weighted by atomic mass is 32.2. The van der Waals surface area contributed by atoms with E-state index in [-0.39, 0.29) is 5.41 Å². The third-order valence-corrected chi connectivity index (χ3v) is 5.38. The van der Waals surface area contributed by atoms with Crippen LogP contribution in [0.4, 0.5) is 0 Å². The standard InChI is InChI=1S/C12H20O2S/c13-11(14)8-12(6-7-12)9-15-10-4-2-1-3-5-10/h10H,1-9H2,(H,13,14). The molecule has 0 bridgehead atoms. The molecule has 2 aliphatic carbocycles. The molecule has 2 aliphatic rings. The summed E-state index contributed by atoms with van der Waals surface area (Å²) in [4.78, 5) is 10.7. The fourth-order valence-electron chi connectivity index (χ4n) is 2.40. The second-order valence-electron chi connectivity index (χ2n) is 5.14. The van der Waals surface area contributed by atoms with Crippen molar-refractivity contribution >= 4 is 17.7 Å². The Bertz CT molecular complexity index is 230. The van der Waals surface area contributed by atoms with Crippen molar-refractivity contribution in [3.63, 3.8) is 0 Å². The van der Waals surface area contributed by atoms with Gasteiger partial charge in [0, 0.05) is 5.25 Å². The van der Waals surface area contributed by atoms with Crippen LogP contribution in [0.25, 0.3) is 0 Å². The van der Waals surface area contributed by atoms with Crippen LogP contribution >= 0.6 is 11.8 Å². The molecule has 2 fully saturated rings. The van der Waals surface area contributed by atoms with Gasteiger partial charge in [-0.3, -0.25) is 4.79 Å². The zero-order chi connectivity index (χ0) is 10.7. The Kier molecular flexibility index (Phi) is 3.60. The molecule has 2 nitrogen and oxygen atoms in total. The van der Waals surface area contributed by atoms with Gasteiger partial charge < -0.3 is 5.11 Å². The van der Waals surface area contributed by atoms with Crippen molar-refractivity contribution in [2.45, 2.75) is 56.6 Å². The van der Waals surface area contributed by atoms with E-state index in [9.17, 15) is 4.79 Å². The van der Waals surface area contributed by atoms with Crippen LogP contribution in [0.15, 0.2) is 0 Å². The SMILES string of the molecule is O=C(O)CC1(CSC2CCCCC2)CC1. The van der Waals surface area contributed by atoms with E-state index in [1.165, 1.54) is 32.1 Å². The fourth-order valence-corrected chi connectivity index (χ4v) is 4.04. The molecule has 86 valence electrons. The van der Waals surface area contributed by atoms with Gasteiger partial charge in [-0.05, 0) is 36.9 Å². The molecule has 0 spiro atoms. The van der Waals surface area contributed by atoms with E-state index in [4.69, 9.17) is 5.11 Å². The molecule has 0 atom stereocenters. The summed E-state index contributed by atoms with van der Waals surface area (Å²) < 4.78 is 0. The van der Waals surface area contributed by atoms with Gasteiger partial charge in [0.05, 0.1) is 6.42 Å². The van der Waals surface area contributed by atoms with Gasteiger partial charge in [-0.2, -0.15) is 11.8 Å². The average molecular weight is 228 g/mol. The Labute approximate surface area is 95.8 Å². The normalized spacial score (nSPS) is 25.1. The van der Waals surface area contributed by atoms with E-state index < -0.39 is 5.97 Å². The van der Waals surface area contributed by atoms with Gasteiger partial charge in [-0.25, -0.2) is 0 Å². The summed E-state index contributed by atoms with van der Waals surface area (Å²) >= 11 is 2.05. The molecule has 0 radical (unpaired) electrons. The summed E-state index contributed by atoms with van der Waals surface area (Å²) in [6.07, 6.45) is 9.54. The van der Waals surface area contributed by atoms with E-state index in [0.29, 0.717) is 6.42 Å². The summed E-state index contributed by atoms with van der Waals surface area (Å²) in [6, 6.07) is 0. The molecule has 0 aliphatic heterocycles. The minimum Gasteiger partial charge on any atom is -0.481 e. The van der Waals surface area contributed by atoms with Crippen LogP contribution in [0.1, 0.15) is 51.4 Å². The summed E-state index contributed by atoms with van der Waals surface area (Å²) in [5.74, 6) is 0.473. The Morgan fingerprint density at radius 1 is 1.27 bits per heavy atom. The van der Waals surface area contributed by atoms with E-state index in [2.05, 4.69) is 0 Å². The van der Waals surface area contributed by atoms with E-state index in [1.54, 1.807) is 0 Å². The maximum Gasteiger partial charge on any atom is 0.303 e. The van der Waals surface area contributed by atoms with Crippen molar-refractivity contribution in [2.75, 3.05) is 5.75 Å². The molecule has 2 saturated carbocycles. The van der Waals surface area contributed by atoms with Gasteiger partial charge >= 0.3 is 5.97 Å². The van der Waals surface area contributed by atoms with E-state index in [0.717, 1.165) is 23.8 Å². The van der Waals surface area contributed by atoms with Gasteiger partial charge in [0.1, 0.15) is 0 Å². The number of thioether (sulfide) groups is 1. The van der Waals surface area contributed by atoms with Crippen molar-refractivity contribution in [1.29, 1.82) is 0 Å². The lowest BCUT2D eigenvalue weighted by Crippen LogP contribution is -2.15. The quantitative estimate of drug-likeness (QED) is 0.784. The van der Waals surface area contributed by atoms with Crippen LogP contribution in [0.2, 0.25) is 0 Å². The Hall–Kier alpha value is -0.180. The van der Waals surface area contributed by atoms with Gasteiger partial charge in [-0.1, -0.05) is 19.3 Å². The maximum absolute atomic E-state index is 10.7. The minimum absolute atomic E-state index is 0.188. The molecule has 0 unspecified atom stereocenters. The highest BCUT2D eigenvalue weighted by molar-refractivity contribution is 7.99. The monoisotopic (exact) mass is 228 g/mol. The summed E-state index contributed by atoms with van der Waals surface area (Å²) in [7, 11) is 0. The predicted octanol–water partition coefficient (Wildman–Crippen LogP) is 3.31. The van der Waals surface area contributed by atoms with Crippen LogP contribution in [0.5, 0.6) is 0 Å². The van der Waals surface area contributed by atoms with Gasteiger partial charge in [0.15, 0.2) is 0 Å². The number of aliphatic carboxylic acids is 1. The lowest BCUT2D eigenvalue weighted by atomic mass is 10.0. The number of hydrogen-bond donors (Lipinski definition) is 1. The molecular formula is C12H20O2S. The highest BCUT2D eigenvalue weighted by Crippen LogP contribution is 2.52. The number of rotatable bonds is 5. The zero-order valence-corrected chi connectivity index (χ0v) is 10.0. The number of carbonyl (C=O) groups is 1. The van der Waals surface area contributed by atoms with Crippen LogP contribution in [-0.4, -0.2) is 22.1 Å². The first kappa shape index (κ1) is 11.3. The van der Waals surface area contributed by atoms with Crippen molar-refractivity contribution in [3.05, 3.63) is 0 Å². The van der Waals surface area contributed by atoms with Gasteiger partial charge in [0.25, 0.3) is 0 Å². The summed E-state index contributed by atoms with van der Waals surface area (Å²) in [5, 5.41) is 9.64. The first-order chi connectivity index (χ1) is 7.20. The van der Waals surface area contributed by atoms with Gasteiger partial charge in [0.2, 0.25) is 0 Å². The summed E-state index contributed by atoms with van der Waals surface area (Å²) in [6.45, 7) is 0. The predicted molar refractivity (Wildman–Crippen MR) is 63.3 cm³/mol. The average Bonchev–Trinajstić information content (AvgIpc) is 2.96. The van der Waals surface area contributed by atoms with Gasteiger partial charge in [-0.15, -0.1) is 0 Å². The van der Waals surface area contributed by atoms with Crippen molar-refractivity contribution in [2.24, 2.45) is 5.41 Å². The molecule has 2 rings (SSSR count). The van der Waals surface area contributed by atoms with Crippen LogP contribution in [0.3, 0.4) is 0 Å². The molecule has 0 amide bonds. The zero-order valence-electron chi connectivity index (χ0n) is 9.21. The minimum atomic E-state index is -0.614. The first-order valence-electron chi connectivity index (χ1n) is 6.04. The molecule has 3 heteroatoms. The second-order valence-corrected chi connectivity index (χ2v) is 6.43. The van der Waals surface area contributed by atoms with E-state index >= 15 is 0 Å².